The number of amides is 1. The van der Waals surface area contributed by atoms with E-state index in [1.165, 1.54) is 44.9 Å². The van der Waals surface area contributed by atoms with E-state index in [0.717, 1.165) is 31.5 Å². The number of hydrogen-bond donors (Lipinski definition) is 2. The summed E-state index contributed by atoms with van der Waals surface area (Å²) in [4.78, 5) is 18.7. The van der Waals surface area contributed by atoms with Crippen LogP contribution in [0.25, 0.3) is 0 Å². The van der Waals surface area contributed by atoms with Gasteiger partial charge in [-0.05, 0) is 37.5 Å². The van der Waals surface area contributed by atoms with E-state index < -0.39 is 0 Å². The highest BCUT2D eigenvalue weighted by molar-refractivity contribution is 5.80. The van der Waals surface area contributed by atoms with Crippen molar-refractivity contribution in [2.24, 2.45) is 16.8 Å². The van der Waals surface area contributed by atoms with Crippen LogP contribution in [0.2, 0.25) is 0 Å². The summed E-state index contributed by atoms with van der Waals surface area (Å²) in [6, 6.07) is 0. The van der Waals surface area contributed by atoms with Crippen LogP contribution in [-0.4, -0.2) is 50.0 Å². The molecule has 23 heavy (non-hydrogen) atoms. The fourth-order valence-electron chi connectivity index (χ4n) is 3.65. The number of aliphatic imine (C=N–C) groups is 1. The Morgan fingerprint density at radius 2 is 1.70 bits per heavy atom. The molecule has 5 nitrogen and oxygen atoms in total. The van der Waals surface area contributed by atoms with Crippen LogP contribution in [0, 0.1) is 11.8 Å². The van der Waals surface area contributed by atoms with E-state index in [-0.39, 0.29) is 5.91 Å². The number of guanidine groups is 1. The average molecular weight is 322 g/mol. The first-order chi connectivity index (χ1) is 11.2. The van der Waals surface area contributed by atoms with Crippen molar-refractivity contribution >= 4 is 11.9 Å². The fraction of sp³-hybridized carbons (Fsp3) is 0.889. The van der Waals surface area contributed by atoms with E-state index in [2.05, 4.69) is 27.4 Å². The van der Waals surface area contributed by atoms with E-state index >= 15 is 0 Å². The Labute approximate surface area is 141 Å². The van der Waals surface area contributed by atoms with E-state index in [4.69, 9.17) is 0 Å². The zero-order chi connectivity index (χ0) is 16.5. The molecular weight excluding hydrogens is 288 g/mol. The van der Waals surface area contributed by atoms with Crippen molar-refractivity contribution < 1.29 is 4.79 Å². The Bertz CT molecular complexity index is 382. The number of carbonyl (C=O) groups is 1. The summed E-state index contributed by atoms with van der Waals surface area (Å²) in [6.45, 7) is 5.89. The highest BCUT2D eigenvalue weighted by Gasteiger charge is 2.19. The number of carbonyl (C=O) groups excluding carboxylic acids is 1. The summed E-state index contributed by atoms with van der Waals surface area (Å²) in [5.74, 6) is 2.61. The first-order valence-corrected chi connectivity index (χ1v) is 9.41. The van der Waals surface area contributed by atoms with E-state index in [9.17, 15) is 4.79 Å². The molecule has 0 radical (unpaired) electrons. The first-order valence-electron chi connectivity index (χ1n) is 9.41. The molecule has 2 N–H and O–H groups in total. The van der Waals surface area contributed by atoms with Crippen LogP contribution in [0.5, 0.6) is 0 Å². The molecule has 5 heteroatoms. The second-order valence-corrected chi connectivity index (χ2v) is 7.20. The lowest BCUT2D eigenvalue weighted by Crippen LogP contribution is -2.47. The van der Waals surface area contributed by atoms with Gasteiger partial charge in [0.15, 0.2) is 5.96 Å². The largest absolute Gasteiger partial charge is 0.354 e. The SMILES string of the molecule is CN=C(NCCNC(=O)CC1CCCCC1)N1CCC(C)CC1. The zero-order valence-corrected chi connectivity index (χ0v) is 14.9. The second kappa shape index (κ2) is 9.78. The maximum Gasteiger partial charge on any atom is 0.220 e. The van der Waals surface area contributed by atoms with Crippen molar-refractivity contribution in [3.8, 4) is 0 Å². The molecule has 1 saturated carbocycles. The minimum Gasteiger partial charge on any atom is -0.354 e. The Morgan fingerprint density at radius 3 is 2.35 bits per heavy atom. The summed E-state index contributed by atoms with van der Waals surface area (Å²) >= 11 is 0. The molecule has 1 amide bonds. The van der Waals surface area contributed by atoms with Gasteiger partial charge in [0.25, 0.3) is 0 Å². The van der Waals surface area contributed by atoms with Gasteiger partial charge in [0.05, 0.1) is 0 Å². The Balaban J connectivity index is 1.59. The predicted molar refractivity (Wildman–Crippen MR) is 95.5 cm³/mol. The zero-order valence-electron chi connectivity index (χ0n) is 14.9. The minimum absolute atomic E-state index is 0.209. The first kappa shape index (κ1) is 18.1. The lowest BCUT2D eigenvalue weighted by atomic mass is 9.87. The van der Waals surface area contributed by atoms with Crippen molar-refractivity contribution in [3.05, 3.63) is 0 Å². The third-order valence-corrected chi connectivity index (χ3v) is 5.22. The van der Waals surface area contributed by atoms with Gasteiger partial charge in [0.1, 0.15) is 0 Å². The smallest absolute Gasteiger partial charge is 0.220 e. The van der Waals surface area contributed by atoms with Crippen LogP contribution >= 0.6 is 0 Å². The molecule has 1 heterocycles. The molecule has 0 spiro atoms. The van der Waals surface area contributed by atoms with E-state index in [0.29, 0.717) is 18.9 Å². The molecule has 0 aromatic carbocycles. The van der Waals surface area contributed by atoms with Gasteiger partial charge in [-0.2, -0.15) is 0 Å². The second-order valence-electron chi connectivity index (χ2n) is 7.20. The Morgan fingerprint density at radius 1 is 1.04 bits per heavy atom. The molecule has 0 unspecified atom stereocenters. The molecule has 1 aliphatic heterocycles. The monoisotopic (exact) mass is 322 g/mol. The van der Waals surface area contributed by atoms with Crippen molar-refractivity contribution in [2.75, 3.05) is 33.2 Å². The van der Waals surface area contributed by atoms with E-state index in [1.54, 1.807) is 0 Å². The van der Waals surface area contributed by atoms with Crippen LogP contribution < -0.4 is 10.6 Å². The summed E-state index contributed by atoms with van der Waals surface area (Å²) in [6.07, 6.45) is 9.57. The van der Waals surface area contributed by atoms with Gasteiger partial charge >= 0.3 is 0 Å². The molecule has 1 aliphatic carbocycles. The molecule has 2 aliphatic rings. The quantitative estimate of drug-likeness (QED) is 0.464. The van der Waals surface area contributed by atoms with Crippen molar-refractivity contribution in [1.82, 2.24) is 15.5 Å². The standard InChI is InChI=1S/C18H34N4O/c1-15-8-12-22(13-9-15)18(19-2)21-11-10-20-17(23)14-16-6-4-3-5-7-16/h15-16H,3-14H2,1-2H3,(H,19,21)(H,20,23). The lowest BCUT2D eigenvalue weighted by molar-refractivity contribution is -0.122. The number of hydrogen-bond acceptors (Lipinski definition) is 2. The van der Waals surface area contributed by atoms with Crippen molar-refractivity contribution in [3.63, 3.8) is 0 Å². The van der Waals surface area contributed by atoms with Gasteiger partial charge in [0, 0.05) is 39.6 Å². The van der Waals surface area contributed by atoms with Crippen LogP contribution in [0.3, 0.4) is 0 Å². The summed E-state index contributed by atoms with van der Waals surface area (Å²) in [5.41, 5.74) is 0. The third-order valence-electron chi connectivity index (χ3n) is 5.22. The Kier molecular flexibility index (Phi) is 7.69. The number of nitrogens with zero attached hydrogens (tertiary/aromatic N) is 2. The van der Waals surface area contributed by atoms with E-state index in [1.807, 2.05) is 7.05 Å². The molecule has 2 fully saturated rings. The summed E-state index contributed by atoms with van der Waals surface area (Å²) in [5, 5.41) is 6.42. The number of likely N-dealkylation sites (tertiary alicyclic amines) is 1. The van der Waals surface area contributed by atoms with Crippen LogP contribution in [0.15, 0.2) is 4.99 Å². The van der Waals surface area contributed by atoms with Gasteiger partial charge in [-0.25, -0.2) is 0 Å². The number of rotatable bonds is 5. The number of nitrogens with one attached hydrogen (secondary N) is 2. The van der Waals surface area contributed by atoms with Crippen LogP contribution in [-0.2, 0) is 4.79 Å². The lowest BCUT2D eigenvalue weighted by Gasteiger charge is -2.32. The molecule has 0 aromatic rings. The maximum absolute atomic E-state index is 12.0. The summed E-state index contributed by atoms with van der Waals surface area (Å²) in [7, 11) is 1.84. The Hall–Kier alpha value is -1.26. The van der Waals surface area contributed by atoms with Gasteiger partial charge in [-0.15, -0.1) is 0 Å². The summed E-state index contributed by atoms with van der Waals surface area (Å²) < 4.78 is 0. The molecule has 0 aromatic heterocycles. The predicted octanol–water partition coefficient (Wildman–Crippen LogP) is 2.38. The molecule has 2 rings (SSSR count). The fourth-order valence-corrected chi connectivity index (χ4v) is 3.65. The van der Waals surface area contributed by atoms with Gasteiger partial charge < -0.3 is 15.5 Å². The van der Waals surface area contributed by atoms with Gasteiger partial charge in [-0.1, -0.05) is 26.2 Å². The van der Waals surface area contributed by atoms with Gasteiger partial charge in [0.2, 0.25) is 5.91 Å². The van der Waals surface area contributed by atoms with Crippen LogP contribution in [0.1, 0.15) is 58.3 Å². The van der Waals surface area contributed by atoms with Crippen molar-refractivity contribution in [2.45, 2.75) is 58.3 Å². The highest BCUT2D eigenvalue weighted by Crippen LogP contribution is 2.25. The van der Waals surface area contributed by atoms with Crippen molar-refractivity contribution in [1.29, 1.82) is 0 Å². The maximum atomic E-state index is 12.0. The molecule has 132 valence electrons. The normalized spacial score (nSPS) is 21.3. The molecule has 1 saturated heterocycles. The molecular formula is C18H34N4O. The number of piperidine rings is 1. The van der Waals surface area contributed by atoms with Gasteiger partial charge in [-0.3, -0.25) is 9.79 Å². The topological polar surface area (TPSA) is 56.7 Å². The highest BCUT2D eigenvalue weighted by atomic mass is 16.1. The molecule has 0 bridgehead atoms. The average Bonchev–Trinajstić information content (AvgIpc) is 2.57. The third kappa shape index (κ3) is 6.40. The van der Waals surface area contributed by atoms with Crippen LogP contribution in [0.4, 0.5) is 0 Å². The minimum atomic E-state index is 0.209. The molecule has 0 atom stereocenters.